The third-order valence-electron chi connectivity index (χ3n) is 11.4. The Labute approximate surface area is 212 Å². The lowest BCUT2D eigenvalue weighted by atomic mass is 9.40. The average molecular weight is 489 g/mol. The number of ether oxygens (including phenoxy) is 2. The maximum absolute atomic E-state index is 14.2. The molecule has 0 radical (unpaired) electrons. The molecule has 4 fully saturated rings. The molecule has 3 unspecified atom stereocenters. The standard InChI is InChI=1S/C30H48O5/c1-8-20-23-15-17(2)13-14-29(23,5)27-24(32)16-30(6)21(18(3)9-12-25(33)34-7)10-11-22(30)26(27)28(20)35-19(4)31/h17-18,20-23,26-28H,8-16H2,1-7H3/t17-,18-,20-,21-,22?,23+,26?,27?,28-,29+,30-/m1/s1. The Morgan fingerprint density at radius 2 is 1.83 bits per heavy atom. The van der Waals surface area contributed by atoms with Crippen LogP contribution in [0, 0.1) is 58.2 Å². The fourth-order valence-corrected chi connectivity index (χ4v) is 9.93. The Hall–Kier alpha value is -1.39. The van der Waals surface area contributed by atoms with E-state index in [2.05, 4.69) is 34.6 Å². The number of fused-ring (bicyclic) bond motifs is 5. The summed E-state index contributed by atoms with van der Waals surface area (Å²) in [7, 11) is 1.45. The molecule has 4 saturated carbocycles. The zero-order valence-electron chi connectivity index (χ0n) is 23.1. The van der Waals surface area contributed by atoms with Crippen LogP contribution in [-0.2, 0) is 23.9 Å². The number of carbonyl (C=O) groups excluding carboxylic acids is 3. The van der Waals surface area contributed by atoms with E-state index in [4.69, 9.17) is 9.47 Å². The molecule has 11 atom stereocenters. The van der Waals surface area contributed by atoms with Crippen LogP contribution in [0.1, 0.15) is 99.3 Å². The van der Waals surface area contributed by atoms with Gasteiger partial charge in [-0.3, -0.25) is 14.4 Å². The van der Waals surface area contributed by atoms with Gasteiger partial charge in [0.2, 0.25) is 0 Å². The smallest absolute Gasteiger partial charge is 0.305 e. The molecule has 0 aromatic carbocycles. The molecule has 0 aliphatic heterocycles. The Kier molecular flexibility index (Phi) is 7.48. The summed E-state index contributed by atoms with van der Waals surface area (Å²) in [5.74, 6) is 2.70. The van der Waals surface area contributed by atoms with Crippen molar-refractivity contribution < 1.29 is 23.9 Å². The fraction of sp³-hybridized carbons (Fsp3) is 0.900. The largest absolute Gasteiger partial charge is 0.469 e. The van der Waals surface area contributed by atoms with Crippen molar-refractivity contribution in [3.8, 4) is 0 Å². The van der Waals surface area contributed by atoms with Crippen LogP contribution in [0.2, 0.25) is 0 Å². The van der Waals surface area contributed by atoms with Crippen molar-refractivity contribution in [2.45, 2.75) is 105 Å². The van der Waals surface area contributed by atoms with Gasteiger partial charge in [0.15, 0.2) is 0 Å². The van der Waals surface area contributed by atoms with Crippen LogP contribution in [0.5, 0.6) is 0 Å². The van der Waals surface area contributed by atoms with Crippen molar-refractivity contribution >= 4 is 17.7 Å². The summed E-state index contributed by atoms with van der Waals surface area (Å²) in [4.78, 5) is 38.4. The van der Waals surface area contributed by atoms with E-state index >= 15 is 0 Å². The highest BCUT2D eigenvalue weighted by Gasteiger charge is 2.68. The van der Waals surface area contributed by atoms with Crippen molar-refractivity contribution in [3.63, 3.8) is 0 Å². The molecule has 0 N–H and O–H groups in total. The van der Waals surface area contributed by atoms with Crippen molar-refractivity contribution in [2.24, 2.45) is 58.2 Å². The molecule has 0 saturated heterocycles. The molecule has 4 aliphatic rings. The second-order valence-electron chi connectivity index (χ2n) is 13.2. The van der Waals surface area contributed by atoms with Crippen molar-refractivity contribution in [1.82, 2.24) is 0 Å². The van der Waals surface area contributed by atoms with Crippen LogP contribution in [0.3, 0.4) is 0 Å². The zero-order chi connectivity index (χ0) is 25.7. The second-order valence-corrected chi connectivity index (χ2v) is 13.2. The summed E-state index contributed by atoms with van der Waals surface area (Å²) in [6, 6.07) is 0. The molecule has 0 bridgehead atoms. The Bertz CT molecular complexity index is 837. The van der Waals surface area contributed by atoms with E-state index < -0.39 is 0 Å². The predicted molar refractivity (Wildman–Crippen MR) is 135 cm³/mol. The topological polar surface area (TPSA) is 69.7 Å². The molecular formula is C30H48O5. The van der Waals surface area contributed by atoms with Gasteiger partial charge in [-0.2, -0.15) is 0 Å². The van der Waals surface area contributed by atoms with Gasteiger partial charge < -0.3 is 9.47 Å². The van der Waals surface area contributed by atoms with Crippen LogP contribution in [0.15, 0.2) is 0 Å². The minimum atomic E-state index is -0.208. The lowest BCUT2D eigenvalue weighted by Gasteiger charge is -2.64. The van der Waals surface area contributed by atoms with E-state index in [1.165, 1.54) is 20.5 Å². The first kappa shape index (κ1) is 26.7. The molecule has 4 rings (SSSR count). The summed E-state index contributed by atoms with van der Waals surface area (Å²) in [6.07, 6.45) is 8.29. The van der Waals surface area contributed by atoms with Crippen LogP contribution < -0.4 is 0 Å². The van der Waals surface area contributed by atoms with Gasteiger partial charge in [-0.25, -0.2) is 0 Å². The zero-order valence-corrected chi connectivity index (χ0v) is 23.1. The summed E-state index contributed by atoms with van der Waals surface area (Å²) in [6.45, 7) is 13.1. The van der Waals surface area contributed by atoms with Gasteiger partial charge in [0.1, 0.15) is 11.9 Å². The number of hydrogen-bond acceptors (Lipinski definition) is 5. The lowest BCUT2D eigenvalue weighted by molar-refractivity contribution is -0.211. The van der Waals surface area contributed by atoms with Gasteiger partial charge in [-0.1, -0.05) is 41.0 Å². The minimum absolute atomic E-state index is 0.00149. The number of ketones is 1. The van der Waals surface area contributed by atoms with Gasteiger partial charge in [0.05, 0.1) is 7.11 Å². The van der Waals surface area contributed by atoms with Gasteiger partial charge in [0, 0.05) is 31.6 Å². The van der Waals surface area contributed by atoms with E-state index in [9.17, 15) is 14.4 Å². The monoisotopic (exact) mass is 488 g/mol. The summed E-state index contributed by atoms with van der Waals surface area (Å²) in [5, 5.41) is 0. The Morgan fingerprint density at radius 1 is 1.11 bits per heavy atom. The van der Waals surface area contributed by atoms with Gasteiger partial charge >= 0.3 is 11.9 Å². The summed E-state index contributed by atoms with van der Waals surface area (Å²) < 4.78 is 11.1. The molecule has 198 valence electrons. The SMILES string of the molecule is CC[C@H]1[C@@H](OC(C)=O)C2C3CC[C@H]([C@H](C)CCC(=O)OC)[C@@]3(C)CC(=O)C2[C@@]2(C)CC[C@@H](C)C[C@@H]12. The first-order valence-electron chi connectivity index (χ1n) is 14.2. The van der Waals surface area contributed by atoms with Crippen LogP contribution in [0.25, 0.3) is 0 Å². The number of rotatable bonds is 6. The van der Waals surface area contributed by atoms with E-state index in [1.54, 1.807) is 0 Å². The van der Waals surface area contributed by atoms with E-state index in [0.717, 1.165) is 38.5 Å². The van der Waals surface area contributed by atoms with E-state index in [0.29, 0.717) is 54.1 Å². The minimum Gasteiger partial charge on any atom is -0.469 e. The molecule has 0 aromatic rings. The third-order valence-corrected chi connectivity index (χ3v) is 11.4. The number of hydrogen-bond donors (Lipinski definition) is 0. The molecule has 4 aliphatic carbocycles. The van der Waals surface area contributed by atoms with Crippen LogP contribution >= 0.6 is 0 Å². The molecule has 5 heteroatoms. The maximum Gasteiger partial charge on any atom is 0.305 e. The number of methoxy groups -OCH3 is 1. The number of Topliss-reactive ketones (excluding diaryl/α,β-unsaturated/α-hetero) is 1. The Balaban J connectivity index is 1.71. The van der Waals surface area contributed by atoms with E-state index in [-0.39, 0.29) is 40.7 Å². The molecule has 0 spiro atoms. The molecule has 5 nitrogen and oxygen atoms in total. The van der Waals surface area contributed by atoms with Gasteiger partial charge in [0.25, 0.3) is 0 Å². The lowest BCUT2D eigenvalue weighted by Crippen LogP contribution is -2.65. The molecule has 0 aromatic heterocycles. The highest BCUT2D eigenvalue weighted by atomic mass is 16.5. The highest BCUT2D eigenvalue weighted by Crippen LogP contribution is 2.69. The molecule has 0 amide bonds. The van der Waals surface area contributed by atoms with Gasteiger partial charge in [-0.05, 0) is 84.9 Å². The summed E-state index contributed by atoms with van der Waals surface area (Å²) >= 11 is 0. The average Bonchev–Trinajstić information content (AvgIpc) is 3.14. The van der Waals surface area contributed by atoms with Crippen molar-refractivity contribution in [2.75, 3.05) is 7.11 Å². The third kappa shape index (κ3) is 4.37. The first-order valence-corrected chi connectivity index (χ1v) is 14.2. The van der Waals surface area contributed by atoms with Crippen LogP contribution in [0.4, 0.5) is 0 Å². The molecule has 35 heavy (non-hydrogen) atoms. The Morgan fingerprint density at radius 3 is 2.46 bits per heavy atom. The van der Waals surface area contributed by atoms with Crippen molar-refractivity contribution in [3.05, 3.63) is 0 Å². The second kappa shape index (κ2) is 9.82. The number of carbonyl (C=O) groups is 3. The normalized spacial score (nSPS) is 45.6. The fourth-order valence-electron chi connectivity index (χ4n) is 9.93. The van der Waals surface area contributed by atoms with E-state index in [1.807, 2.05) is 0 Å². The predicted octanol–water partition coefficient (Wildman–Crippen LogP) is 6.23. The summed E-state index contributed by atoms with van der Waals surface area (Å²) in [5.41, 5.74) is -0.100. The quantitative estimate of drug-likeness (QED) is 0.415. The maximum atomic E-state index is 14.2. The molecule has 0 heterocycles. The molecular weight excluding hydrogens is 440 g/mol. The van der Waals surface area contributed by atoms with Crippen LogP contribution in [-0.4, -0.2) is 30.9 Å². The van der Waals surface area contributed by atoms with Crippen molar-refractivity contribution in [1.29, 1.82) is 0 Å². The highest BCUT2D eigenvalue weighted by molar-refractivity contribution is 5.84. The number of esters is 2. The first-order chi connectivity index (χ1) is 16.5. The van der Waals surface area contributed by atoms with Gasteiger partial charge in [-0.15, -0.1) is 0 Å².